The third-order valence-electron chi connectivity index (χ3n) is 4.44. The van der Waals surface area contributed by atoms with Crippen molar-refractivity contribution in [3.8, 4) is 11.1 Å². The molecule has 1 N–H and O–H groups in total. The lowest BCUT2D eigenvalue weighted by molar-refractivity contribution is -0.146. The molecular formula is C19H19FN2O4S. The van der Waals surface area contributed by atoms with Gasteiger partial charge in [-0.25, -0.2) is 14.2 Å². The average molecular weight is 390 g/mol. The van der Waals surface area contributed by atoms with Gasteiger partial charge < -0.3 is 9.84 Å². The van der Waals surface area contributed by atoms with E-state index >= 15 is 0 Å². The molecule has 2 aromatic heterocycles. The Morgan fingerprint density at radius 2 is 2.00 bits per heavy atom. The van der Waals surface area contributed by atoms with Crippen LogP contribution in [-0.4, -0.2) is 34.3 Å². The van der Waals surface area contributed by atoms with Gasteiger partial charge in [-0.2, -0.15) is 0 Å². The molecular weight excluding hydrogens is 371 g/mol. The molecule has 3 aromatic rings. The van der Waals surface area contributed by atoms with Gasteiger partial charge in [-0.05, 0) is 31.5 Å². The minimum Gasteiger partial charge on any atom is -0.480 e. The lowest BCUT2D eigenvalue weighted by Gasteiger charge is -2.25. The summed E-state index contributed by atoms with van der Waals surface area (Å²) in [5.41, 5.74) is -0.630. The molecule has 6 nitrogen and oxygen atoms in total. The number of hydrogen-bond donors (Lipinski definition) is 1. The molecule has 2 heterocycles. The SMILES string of the molecule is COCCc1nc2scc(-c3ccc(F)cc3)c2c(=O)n1C(C)(C)C(=O)O. The molecule has 1 aromatic carbocycles. The van der Waals surface area contributed by atoms with E-state index in [4.69, 9.17) is 4.74 Å². The molecule has 0 amide bonds. The number of fused-ring (bicyclic) bond motifs is 1. The molecule has 142 valence electrons. The van der Waals surface area contributed by atoms with E-state index in [0.29, 0.717) is 40.2 Å². The van der Waals surface area contributed by atoms with Gasteiger partial charge in [-0.15, -0.1) is 11.3 Å². The summed E-state index contributed by atoms with van der Waals surface area (Å²) in [5, 5.41) is 11.8. The van der Waals surface area contributed by atoms with E-state index in [0.717, 1.165) is 0 Å². The van der Waals surface area contributed by atoms with Crippen molar-refractivity contribution < 1.29 is 19.0 Å². The highest BCUT2D eigenvalue weighted by Gasteiger charge is 2.34. The van der Waals surface area contributed by atoms with Gasteiger partial charge in [0.25, 0.3) is 5.56 Å². The van der Waals surface area contributed by atoms with Gasteiger partial charge in [-0.1, -0.05) is 12.1 Å². The van der Waals surface area contributed by atoms with Crippen LogP contribution >= 0.6 is 11.3 Å². The molecule has 0 atom stereocenters. The lowest BCUT2D eigenvalue weighted by atomic mass is 10.0. The maximum absolute atomic E-state index is 13.3. The van der Waals surface area contributed by atoms with Crippen LogP contribution in [0.25, 0.3) is 21.3 Å². The summed E-state index contributed by atoms with van der Waals surface area (Å²) in [7, 11) is 1.53. The Balaban J connectivity index is 2.32. The van der Waals surface area contributed by atoms with E-state index in [2.05, 4.69) is 4.98 Å². The van der Waals surface area contributed by atoms with Gasteiger partial charge in [0.15, 0.2) is 0 Å². The van der Waals surface area contributed by atoms with Crippen molar-refractivity contribution >= 4 is 27.5 Å². The third kappa shape index (κ3) is 3.38. The van der Waals surface area contributed by atoms with E-state index in [1.807, 2.05) is 0 Å². The zero-order valence-corrected chi connectivity index (χ0v) is 16.0. The first-order valence-electron chi connectivity index (χ1n) is 8.29. The Kier molecular flexibility index (Phi) is 5.12. The average Bonchev–Trinajstić information content (AvgIpc) is 3.04. The third-order valence-corrected chi connectivity index (χ3v) is 5.32. The number of benzene rings is 1. The number of ether oxygens (including phenoxy) is 1. The zero-order chi connectivity index (χ0) is 19.8. The highest BCUT2D eigenvalue weighted by atomic mass is 32.1. The van der Waals surface area contributed by atoms with E-state index in [-0.39, 0.29) is 5.82 Å². The van der Waals surface area contributed by atoms with Gasteiger partial charge >= 0.3 is 5.97 Å². The number of carboxylic acid groups (broad SMARTS) is 1. The molecule has 0 radical (unpaired) electrons. The number of aliphatic carboxylic acids is 1. The monoisotopic (exact) mass is 390 g/mol. The summed E-state index contributed by atoms with van der Waals surface area (Å²) in [4.78, 5) is 30.2. The number of aromatic nitrogens is 2. The standard InChI is InChI=1S/C19H19FN2O4S/c1-19(2,18(24)25)22-14(8-9-26-3)21-16-15(17(22)23)13(10-27-16)11-4-6-12(20)7-5-11/h4-7,10H,8-9H2,1-3H3,(H,24,25). The summed E-state index contributed by atoms with van der Waals surface area (Å²) in [6.07, 6.45) is 0.308. The quantitative estimate of drug-likeness (QED) is 0.699. The van der Waals surface area contributed by atoms with Crippen LogP contribution in [0.4, 0.5) is 4.39 Å². The number of carboxylic acids is 1. The molecule has 0 saturated carbocycles. The van der Waals surface area contributed by atoms with Crippen LogP contribution in [-0.2, 0) is 21.5 Å². The van der Waals surface area contributed by atoms with Crippen LogP contribution in [0.15, 0.2) is 34.4 Å². The Morgan fingerprint density at radius 3 is 2.59 bits per heavy atom. The Labute approximate surface area is 158 Å². The largest absolute Gasteiger partial charge is 0.480 e. The fourth-order valence-corrected chi connectivity index (χ4v) is 3.86. The number of thiophene rings is 1. The molecule has 0 bridgehead atoms. The molecule has 0 fully saturated rings. The van der Waals surface area contributed by atoms with E-state index in [1.54, 1.807) is 17.5 Å². The van der Waals surface area contributed by atoms with E-state index in [9.17, 15) is 19.1 Å². The second kappa shape index (κ2) is 7.21. The topological polar surface area (TPSA) is 81.4 Å². The molecule has 0 aliphatic heterocycles. The Hall–Kier alpha value is -2.58. The molecule has 8 heteroatoms. The van der Waals surface area contributed by atoms with Crippen molar-refractivity contribution in [2.75, 3.05) is 13.7 Å². The van der Waals surface area contributed by atoms with Crippen LogP contribution in [0, 0.1) is 5.82 Å². The number of methoxy groups -OCH3 is 1. The minimum atomic E-state index is -1.48. The van der Waals surface area contributed by atoms with Crippen LogP contribution in [0.3, 0.4) is 0 Å². The summed E-state index contributed by atoms with van der Waals surface area (Å²) in [5.74, 6) is -1.15. The molecule has 27 heavy (non-hydrogen) atoms. The van der Waals surface area contributed by atoms with Gasteiger partial charge in [-0.3, -0.25) is 9.36 Å². The first-order valence-corrected chi connectivity index (χ1v) is 9.17. The van der Waals surface area contributed by atoms with Crippen LogP contribution in [0.5, 0.6) is 0 Å². The van der Waals surface area contributed by atoms with Gasteiger partial charge in [0.05, 0.1) is 12.0 Å². The van der Waals surface area contributed by atoms with Crippen LogP contribution in [0.2, 0.25) is 0 Å². The smallest absolute Gasteiger partial charge is 0.329 e. The number of rotatable bonds is 6. The van der Waals surface area contributed by atoms with Crippen molar-refractivity contribution in [3.63, 3.8) is 0 Å². The maximum atomic E-state index is 13.3. The first kappa shape index (κ1) is 19.2. The Morgan fingerprint density at radius 1 is 1.33 bits per heavy atom. The predicted octanol–water partition coefficient (Wildman–Crippen LogP) is 3.27. The summed E-state index contributed by atoms with van der Waals surface area (Å²) in [6, 6.07) is 5.81. The summed E-state index contributed by atoms with van der Waals surface area (Å²) < 4.78 is 19.5. The predicted molar refractivity (Wildman–Crippen MR) is 102 cm³/mol. The van der Waals surface area contributed by atoms with Crippen LogP contribution < -0.4 is 5.56 Å². The Bertz CT molecular complexity index is 1050. The van der Waals surface area contributed by atoms with Crippen molar-refractivity contribution in [1.29, 1.82) is 0 Å². The number of carbonyl (C=O) groups is 1. The zero-order valence-electron chi connectivity index (χ0n) is 15.2. The van der Waals surface area contributed by atoms with Crippen molar-refractivity contribution in [3.05, 3.63) is 51.6 Å². The number of halogens is 1. The molecule has 0 saturated heterocycles. The second-order valence-electron chi connectivity index (χ2n) is 6.61. The fraction of sp³-hybridized carbons (Fsp3) is 0.316. The highest BCUT2D eigenvalue weighted by Crippen LogP contribution is 2.32. The van der Waals surface area contributed by atoms with E-state index < -0.39 is 17.1 Å². The first-order chi connectivity index (χ1) is 12.8. The highest BCUT2D eigenvalue weighted by molar-refractivity contribution is 7.17. The molecule has 0 spiro atoms. The van der Waals surface area contributed by atoms with Crippen molar-refractivity contribution in [1.82, 2.24) is 9.55 Å². The number of nitrogens with zero attached hydrogens (tertiary/aromatic N) is 2. The van der Waals surface area contributed by atoms with E-state index in [1.165, 1.54) is 49.0 Å². The lowest BCUT2D eigenvalue weighted by Crippen LogP contribution is -2.45. The van der Waals surface area contributed by atoms with Crippen molar-refractivity contribution in [2.45, 2.75) is 25.8 Å². The molecule has 0 unspecified atom stereocenters. The normalized spacial score (nSPS) is 11.9. The number of hydrogen-bond acceptors (Lipinski definition) is 5. The fourth-order valence-electron chi connectivity index (χ4n) is 2.91. The van der Waals surface area contributed by atoms with Gasteiger partial charge in [0, 0.05) is 24.5 Å². The summed E-state index contributed by atoms with van der Waals surface area (Å²) >= 11 is 1.30. The van der Waals surface area contributed by atoms with Gasteiger partial charge in [0.2, 0.25) is 0 Å². The second-order valence-corrected chi connectivity index (χ2v) is 7.47. The summed E-state index contributed by atoms with van der Waals surface area (Å²) in [6.45, 7) is 3.23. The van der Waals surface area contributed by atoms with Gasteiger partial charge in [0.1, 0.15) is 22.0 Å². The maximum Gasteiger partial charge on any atom is 0.329 e. The molecule has 0 aliphatic carbocycles. The molecule has 3 rings (SSSR count). The molecule has 0 aliphatic rings. The van der Waals surface area contributed by atoms with Crippen molar-refractivity contribution in [2.24, 2.45) is 0 Å². The van der Waals surface area contributed by atoms with Crippen LogP contribution in [0.1, 0.15) is 19.7 Å². The minimum absolute atomic E-state index is 0.308.